The number of carbonyl (C=O) groups excluding carboxylic acids is 1. The van der Waals surface area contributed by atoms with Crippen LogP contribution in [0.15, 0.2) is 18.2 Å². The molecule has 1 aromatic rings. The Morgan fingerprint density at radius 1 is 1.19 bits per heavy atom. The number of carbonyl (C=O) groups is 2. The molecule has 0 saturated heterocycles. The Labute approximate surface area is 152 Å². The fraction of sp³-hybridized carbons (Fsp3) is 0.579. The number of nitrogens with one attached hydrogen (secondary N) is 1. The Balaban J connectivity index is 3.13. The number of ether oxygens (including phenoxy) is 1. The lowest BCUT2D eigenvalue weighted by atomic mass is 9.75. The van der Waals surface area contributed by atoms with Gasteiger partial charge in [-0.05, 0) is 51.7 Å². The number of carboxylic acids is 1. The van der Waals surface area contributed by atoms with E-state index in [1.807, 2.05) is 13.8 Å². The Kier molecular flexibility index (Phi) is 7.12. The molecule has 0 saturated carbocycles. The maximum atomic E-state index is 14.1. The van der Waals surface area contributed by atoms with Crippen LogP contribution in [0.2, 0.25) is 0 Å². The molecule has 0 aliphatic carbocycles. The molecule has 7 heteroatoms. The molecule has 0 radical (unpaired) electrons. The van der Waals surface area contributed by atoms with E-state index in [0.29, 0.717) is 0 Å². The molecule has 1 amide bonds. The molecular formula is C19H27F2NO4. The van der Waals surface area contributed by atoms with E-state index in [1.54, 1.807) is 20.8 Å². The van der Waals surface area contributed by atoms with Crippen molar-refractivity contribution in [3.8, 4) is 0 Å². The van der Waals surface area contributed by atoms with Gasteiger partial charge in [0.1, 0.15) is 17.2 Å². The standard InChI is InChI=1S/C19H27F2NO4/c1-12(2)9-19(16(23)24,11-22-17(25)26-18(3,4)5)10-13-14(20)7-6-8-15(13)21/h6-8,12H,9-11H2,1-5H3,(H,22,25)(H,23,24). The zero-order valence-corrected chi connectivity index (χ0v) is 15.9. The van der Waals surface area contributed by atoms with Crippen molar-refractivity contribution < 1.29 is 28.2 Å². The molecule has 0 heterocycles. The largest absolute Gasteiger partial charge is 0.481 e. The Morgan fingerprint density at radius 3 is 2.15 bits per heavy atom. The summed E-state index contributed by atoms with van der Waals surface area (Å²) in [5.41, 5.74) is -2.61. The summed E-state index contributed by atoms with van der Waals surface area (Å²) in [6.45, 7) is 8.36. The average Bonchev–Trinajstić information content (AvgIpc) is 2.46. The van der Waals surface area contributed by atoms with Crippen molar-refractivity contribution in [3.05, 3.63) is 35.4 Å². The third-order valence-corrected chi connectivity index (χ3v) is 3.80. The van der Waals surface area contributed by atoms with E-state index in [4.69, 9.17) is 4.74 Å². The predicted molar refractivity (Wildman–Crippen MR) is 93.8 cm³/mol. The lowest BCUT2D eigenvalue weighted by Crippen LogP contribution is -2.47. The quantitative estimate of drug-likeness (QED) is 0.755. The Bertz CT molecular complexity index is 635. The highest BCUT2D eigenvalue weighted by atomic mass is 19.1. The lowest BCUT2D eigenvalue weighted by Gasteiger charge is -2.32. The van der Waals surface area contributed by atoms with Crippen molar-refractivity contribution in [1.82, 2.24) is 5.32 Å². The number of rotatable bonds is 7. The molecule has 1 atom stereocenters. The molecule has 2 N–H and O–H groups in total. The number of alkyl carbamates (subject to hydrolysis) is 1. The van der Waals surface area contributed by atoms with E-state index in [2.05, 4.69) is 5.32 Å². The van der Waals surface area contributed by atoms with Crippen LogP contribution in [0.1, 0.15) is 46.6 Å². The number of halogens is 2. The van der Waals surface area contributed by atoms with Crippen LogP contribution in [-0.4, -0.2) is 29.3 Å². The second kappa shape index (κ2) is 8.47. The lowest BCUT2D eigenvalue weighted by molar-refractivity contribution is -0.149. The van der Waals surface area contributed by atoms with Gasteiger partial charge in [-0.3, -0.25) is 4.79 Å². The second-order valence-corrected chi connectivity index (χ2v) is 7.92. The third-order valence-electron chi connectivity index (χ3n) is 3.80. The van der Waals surface area contributed by atoms with Crippen molar-refractivity contribution in [1.29, 1.82) is 0 Å². The first-order valence-corrected chi connectivity index (χ1v) is 8.49. The van der Waals surface area contributed by atoms with Gasteiger partial charge in [-0.25, -0.2) is 13.6 Å². The summed E-state index contributed by atoms with van der Waals surface area (Å²) in [5, 5.41) is 12.3. The van der Waals surface area contributed by atoms with Crippen LogP contribution in [0.5, 0.6) is 0 Å². The summed E-state index contributed by atoms with van der Waals surface area (Å²) in [6, 6.07) is 3.39. The van der Waals surface area contributed by atoms with Crippen LogP contribution in [0.3, 0.4) is 0 Å². The molecule has 1 rings (SSSR count). The number of aliphatic carboxylic acids is 1. The van der Waals surface area contributed by atoms with Crippen molar-refractivity contribution in [3.63, 3.8) is 0 Å². The number of hydrogen-bond donors (Lipinski definition) is 2. The monoisotopic (exact) mass is 371 g/mol. The van der Waals surface area contributed by atoms with Crippen molar-refractivity contribution in [2.24, 2.45) is 11.3 Å². The summed E-state index contributed by atoms with van der Waals surface area (Å²) in [5.74, 6) is -2.92. The Hall–Kier alpha value is -2.18. The fourth-order valence-corrected chi connectivity index (χ4v) is 2.82. The molecule has 146 valence electrons. The number of benzene rings is 1. The van der Waals surface area contributed by atoms with Gasteiger partial charge < -0.3 is 15.2 Å². The van der Waals surface area contributed by atoms with E-state index in [9.17, 15) is 23.5 Å². The van der Waals surface area contributed by atoms with E-state index >= 15 is 0 Å². The predicted octanol–water partition coefficient (Wildman–Crippen LogP) is 4.15. The molecule has 0 aliphatic rings. The molecular weight excluding hydrogens is 344 g/mol. The van der Waals surface area contributed by atoms with Crippen LogP contribution < -0.4 is 5.32 Å². The highest BCUT2D eigenvalue weighted by Gasteiger charge is 2.41. The summed E-state index contributed by atoms with van der Waals surface area (Å²) in [6.07, 6.45) is -1.03. The van der Waals surface area contributed by atoms with Crippen LogP contribution in [-0.2, 0) is 16.0 Å². The fourth-order valence-electron chi connectivity index (χ4n) is 2.82. The zero-order valence-electron chi connectivity index (χ0n) is 15.9. The van der Waals surface area contributed by atoms with Crippen molar-refractivity contribution >= 4 is 12.1 Å². The van der Waals surface area contributed by atoms with Crippen molar-refractivity contribution in [2.45, 2.75) is 53.1 Å². The van der Waals surface area contributed by atoms with Crippen LogP contribution >= 0.6 is 0 Å². The van der Waals surface area contributed by atoms with Gasteiger partial charge in [0, 0.05) is 12.1 Å². The normalized spacial score (nSPS) is 14.0. The third kappa shape index (κ3) is 6.28. The van der Waals surface area contributed by atoms with E-state index in [1.165, 1.54) is 6.07 Å². The minimum atomic E-state index is -1.56. The molecule has 5 nitrogen and oxygen atoms in total. The average molecular weight is 371 g/mol. The zero-order chi connectivity index (χ0) is 20.1. The summed E-state index contributed by atoms with van der Waals surface area (Å²) < 4.78 is 33.2. The van der Waals surface area contributed by atoms with E-state index in [-0.39, 0.29) is 30.9 Å². The van der Waals surface area contributed by atoms with Gasteiger partial charge in [0.2, 0.25) is 0 Å². The number of hydrogen-bond acceptors (Lipinski definition) is 3. The molecule has 0 spiro atoms. The van der Waals surface area contributed by atoms with Gasteiger partial charge in [-0.1, -0.05) is 19.9 Å². The SMILES string of the molecule is CC(C)CC(CNC(=O)OC(C)(C)C)(Cc1c(F)cccc1F)C(=O)O. The minimum absolute atomic E-state index is 0.0682. The van der Waals surface area contributed by atoms with Gasteiger partial charge in [0.25, 0.3) is 0 Å². The molecule has 1 unspecified atom stereocenters. The topological polar surface area (TPSA) is 75.6 Å². The van der Waals surface area contributed by atoms with Gasteiger partial charge in [0.05, 0.1) is 5.41 Å². The first-order valence-electron chi connectivity index (χ1n) is 8.49. The summed E-state index contributed by atoms with van der Waals surface area (Å²) >= 11 is 0. The second-order valence-electron chi connectivity index (χ2n) is 7.92. The van der Waals surface area contributed by atoms with Gasteiger partial charge >= 0.3 is 12.1 Å². The highest BCUT2D eigenvalue weighted by molar-refractivity contribution is 5.77. The molecule has 0 bridgehead atoms. The maximum Gasteiger partial charge on any atom is 0.407 e. The number of amides is 1. The molecule has 0 aromatic heterocycles. The van der Waals surface area contributed by atoms with Crippen LogP contribution in [0, 0.1) is 23.0 Å². The van der Waals surface area contributed by atoms with Gasteiger partial charge in [-0.15, -0.1) is 0 Å². The number of carboxylic acid groups (broad SMARTS) is 1. The smallest absolute Gasteiger partial charge is 0.407 e. The summed E-state index contributed by atoms with van der Waals surface area (Å²) in [4.78, 5) is 24.0. The van der Waals surface area contributed by atoms with Crippen molar-refractivity contribution in [2.75, 3.05) is 6.54 Å². The Morgan fingerprint density at radius 2 is 1.73 bits per heavy atom. The first kappa shape index (κ1) is 21.9. The molecule has 1 aromatic carbocycles. The van der Waals surface area contributed by atoms with E-state index in [0.717, 1.165) is 12.1 Å². The summed E-state index contributed by atoms with van der Waals surface area (Å²) in [7, 11) is 0. The van der Waals surface area contributed by atoms with Crippen LogP contribution in [0.25, 0.3) is 0 Å². The molecule has 26 heavy (non-hydrogen) atoms. The molecule has 0 fully saturated rings. The van der Waals surface area contributed by atoms with Gasteiger partial charge in [0.15, 0.2) is 0 Å². The van der Waals surface area contributed by atoms with Gasteiger partial charge in [-0.2, -0.15) is 0 Å². The highest BCUT2D eigenvalue weighted by Crippen LogP contribution is 2.33. The molecule has 0 aliphatic heterocycles. The van der Waals surface area contributed by atoms with Crippen LogP contribution in [0.4, 0.5) is 13.6 Å². The van der Waals surface area contributed by atoms with E-state index < -0.39 is 34.7 Å². The first-order chi connectivity index (χ1) is 11.9. The minimum Gasteiger partial charge on any atom is -0.481 e. The maximum absolute atomic E-state index is 14.1.